The van der Waals surface area contributed by atoms with Crippen LogP contribution in [0.4, 0.5) is 4.39 Å². The van der Waals surface area contributed by atoms with Gasteiger partial charge in [-0.1, -0.05) is 18.2 Å². The minimum Gasteiger partial charge on any atom is -0.361 e. The Labute approximate surface area is 121 Å². The Morgan fingerprint density at radius 3 is 2.67 bits per heavy atom. The number of halogens is 1. The van der Waals surface area contributed by atoms with Crippen molar-refractivity contribution in [3.63, 3.8) is 0 Å². The Bertz CT molecular complexity index is 777. The van der Waals surface area contributed by atoms with Crippen molar-refractivity contribution in [2.75, 3.05) is 0 Å². The van der Waals surface area contributed by atoms with Crippen molar-refractivity contribution < 1.29 is 9.18 Å². The second kappa shape index (κ2) is 5.40. The lowest BCUT2D eigenvalue weighted by atomic mass is 10.1. The van der Waals surface area contributed by atoms with E-state index in [0.29, 0.717) is 5.56 Å². The fourth-order valence-corrected chi connectivity index (χ4v) is 2.39. The van der Waals surface area contributed by atoms with Gasteiger partial charge in [-0.2, -0.15) is 0 Å². The van der Waals surface area contributed by atoms with E-state index in [2.05, 4.69) is 10.3 Å². The molecule has 2 aromatic carbocycles. The van der Waals surface area contributed by atoms with Crippen molar-refractivity contribution in [3.8, 4) is 0 Å². The Morgan fingerprint density at radius 2 is 1.90 bits per heavy atom. The summed E-state index contributed by atoms with van der Waals surface area (Å²) in [6, 6.07) is 13.4. The molecule has 0 bridgehead atoms. The summed E-state index contributed by atoms with van der Waals surface area (Å²) < 4.78 is 12.9. The number of H-pyrrole nitrogens is 1. The van der Waals surface area contributed by atoms with Crippen molar-refractivity contribution in [2.45, 2.75) is 13.0 Å². The molecule has 0 radical (unpaired) electrons. The first kappa shape index (κ1) is 13.4. The van der Waals surface area contributed by atoms with Crippen LogP contribution in [0, 0.1) is 5.82 Å². The summed E-state index contributed by atoms with van der Waals surface area (Å²) >= 11 is 0. The largest absolute Gasteiger partial charge is 0.361 e. The first-order valence-corrected chi connectivity index (χ1v) is 6.77. The van der Waals surface area contributed by atoms with Crippen LogP contribution in [0.15, 0.2) is 54.7 Å². The third-order valence-corrected chi connectivity index (χ3v) is 3.56. The molecule has 1 unspecified atom stereocenters. The van der Waals surface area contributed by atoms with Gasteiger partial charge in [0.05, 0.1) is 6.04 Å². The van der Waals surface area contributed by atoms with E-state index in [1.165, 1.54) is 12.1 Å². The maximum atomic E-state index is 12.9. The second-order valence-electron chi connectivity index (χ2n) is 4.99. The quantitative estimate of drug-likeness (QED) is 0.754. The van der Waals surface area contributed by atoms with Gasteiger partial charge in [-0.05, 0) is 42.8 Å². The van der Waals surface area contributed by atoms with Crippen molar-refractivity contribution in [2.24, 2.45) is 0 Å². The van der Waals surface area contributed by atoms with E-state index in [4.69, 9.17) is 0 Å². The first-order chi connectivity index (χ1) is 10.1. The number of benzene rings is 2. The van der Waals surface area contributed by atoms with Gasteiger partial charge in [-0.25, -0.2) is 4.39 Å². The van der Waals surface area contributed by atoms with E-state index in [-0.39, 0.29) is 17.8 Å². The number of hydrogen-bond donors (Lipinski definition) is 2. The average Bonchev–Trinajstić information content (AvgIpc) is 2.96. The highest BCUT2D eigenvalue weighted by Crippen LogP contribution is 2.19. The van der Waals surface area contributed by atoms with E-state index in [0.717, 1.165) is 16.5 Å². The molecule has 0 aliphatic carbocycles. The molecule has 3 nitrogen and oxygen atoms in total. The molecule has 0 saturated carbocycles. The van der Waals surface area contributed by atoms with Crippen molar-refractivity contribution in [1.29, 1.82) is 0 Å². The number of rotatable bonds is 3. The van der Waals surface area contributed by atoms with Crippen molar-refractivity contribution in [3.05, 3.63) is 71.7 Å². The van der Waals surface area contributed by atoms with Crippen LogP contribution in [0.1, 0.15) is 28.9 Å². The minimum atomic E-state index is -0.283. The molecule has 3 rings (SSSR count). The molecule has 0 saturated heterocycles. The van der Waals surface area contributed by atoms with Gasteiger partial charge >= 0.3 is 0 Å². The van der Waals surface area contributed by atoms with Crippen LogP contribution >= 0.6 is 0 Å². The van der Waals surface area contributed by atoms with Crippen molar-refractivity contribution in [1.82, 2.24) is 10.3 Å². The molecule has 0 fully saturated rings. The average molecular weight is 282 g/mol. The van der Waals surface area contributed by atoms with E-state index >= 15 is 0 Å². The predicted octanol–water partition coefficient (Wildman–Crippen LogP) is 3.80. The van der Waals surface area contributed by atoms with Crippen LogP contribution < -0.4 is 5.32 Å². The molecular weight excluding hydrogens is 267 g/mol. The Hall–Kier alpha value is -2.62. The van der Waals surface area contributed by atoms with E-state index in [1.54, 1.807) is 18.2 Å². The standard InChI is InChI=1S/C17H15FN2O/c1-11(12-5-7-13(18)8-6-12)20-17(21)15-3-2-4-16-14(15)9-10-19-16/h2-11,19H,1H3,(H,20,21). The third-order valence-electron chi connectivity index (χ3n) is 3.56. The van der Waals surface area contributed by atoms with Gasteiger partial charge in [-0.3, -0.25) is 4.79 Å². The number of nitrogens with one attached hydrogen (secondary N) is 2. The molecule has 0 aliphatic heterocycles. The molecule has 0 spiro atoms. The number of aromatic nitrogens is 1. The maximum Gasteiger partial charge on any atom is 0.252 e. The van der Waals surface area contributed by atoms with Crippen LogP contribution in [0.25, 0.3) is 10.9 Å². The third kappa shape index (κ3) is 2.65. The van der Waals surface area contributed by atoms with E-state index < -0.39 is 0 Å². The van der Waals surface area contributed by atoms with Crippen LogP contribution in [-0.2, 0) is 0 Å². The summed E-state index contributed by atoms with van der Waals surface area (Å²) in [5, 5.41) is 3.83. The maximum absolute atomic E-state index is 12.9. The zero-order valence-electron chi connectivity index (χ0n) is 11.6. The zero-order chi connectivity index (χ0) is 14.8. The highest BCUT2D eigenvalue weighted by molar-refractivity contribution is 6.06. The molecule has 0 aliphatic rings. The van der Waals surface area contributed by atoms with Crippen LogP contribution in [-0.4, -0.2) is 10.9 Å². The minimum absolute atomic E-state index is 0.142. The number of fused-ring (bicyclic) bond motifs is 1. The van der Waals surface area contributed by atoms with Gasteiger partial charge < -0.3 is 10.3 Å². The number of aromatic amines is 1. The fourth-order valence-electron chi connectivity index (χ4n) is 2.39. The van der Waals surface area contributed by atoms with Gasteiger partial charge in [-0.15, -0.1) is 0 Å². The van der Waals surface area contributed by atoms with Gasteiger partial charge in [0.1, 0.15) is 5.82 Å². The number of amides is 1. The highest BCUT2D eigenvalue weighted by Gasteiger charge is 2.14. The summed E-state index contributed by atoms with van der Waals surface area (Å²) in [5.74, 6) is -0.425. The highest BCUT2D eigenvalue weighted by atomic mass is 19.1. The lowest BCUT2D eigenvalue weighted by molar-refractivity contribution is 0.0941. The van der Waals surface area contributed by atoms with Crippen LogP contribution in [0.3, 0.4) is 0 Å². The number of carbonyl (C=O) groups is 1. The van der Waals surface area contributed by atoms with Gasteiger partial charge in [0.25, 0.3) is 5.91 Å². The van der Waals surface area contributed by atoms with Gasteiger partial charge in [0.15, 0.2) is 0 Å². The molecule has 21 heavy (non-hydrogen) atoms. The molecule has 3 aromatic rings. The monoisotopic (exact) mass is 282 g/mol. The molecule has 2 N–H and O–H groups in total. The predicted molar refractivity (Wildman–Crippen MR) is 80.6 cm³/mol. The molecule has 1 aromatic heterocycles. The summed E-state index contributed by atoms with van der Waals surface area (Å²) in [6.07, 6.45) is 1.81. The first-order valence-electron chi connectivity index (χ1n) is 6.77. The SMILES string of the molecule is CC(NC(=O)c1cccc2[nH]ccc12)c1ccc(F)cc1. The summed E-state index contributed by atoms with van der Waals surface area (Å²) in [4.78, 5) is 15.5. The van der Waals surface area contributed by atoms with Crippen LogP contribution in [0.2, 0.25) is 0 Å². The van der Waals surface area contributed by atoms with Gasteiger partial charge in [0.2, 0.25) is 0 Å². The molecule has 1 atom stereocenters. The Balaban J connectivity index is 1.83. The normalized spacial score (nSPS) is 12.3. The topological polar surface area (TPSA) is 44.9 Å². The molecule has 4 heteroatoms. The van der Waals surface area contributed by atoms with Crippen LogP contribution in [0.5, 0.6) is 0 Å². The van der Waals surface area contributed by atoms with Crippen molar-refractivity contribution >= 4 is 16.8 Å². The Kier molecular flexibility index (Phi) is 3.44. The molecular formula is C17H15FN2O. The molecule has 1 heterocycles. The van der Waals surface area contributed by atoms with Gasteiger partial charge in [0, 0.05) is 22.7 Å². The molecule has 1 amide bonds. The lowest BCUT2D eigenvalue weighted by Gasteiger charge is -2.14. The fraction of sp³-hybridized carbons (Fsp3) is 0.118. The summed E-state index contributed by atoms with van der Waals surface area (Å²) in [7, 11) is 0. The second-order valence-corrected chi connectivity index (χ2v) is 4.99. The van der Waals surface area contributed by atoms with E-state index in [1.807, 2.05) is 31.3 Å². The smallest absolute Gasteiger partial charge is 0.252 e. The zero-order valence-corrected chi connectivity index (χ0v) is 11.6. The summed E-state index contributed by atoms with van der Waals surface area (Å²) in [6.45, 7) is 1.88. The number of hydrogen-bond acceptors (Lipinski definition) is 1. The van der Waals surface area contributed by atoms with E-state index in [9.17, 15) is 9.18 Å². The summed E-state index contributed by atoms with van der Waals surface area (Å²) in [5.41, 5.74) is 2.42. The Morgan fingerprint density at radius 1 is 1.14 bits per heavy atom. The lowest BCUT2D eigenvalue weighted by Crippen LogP contribution is -2.26. The molecule has 106 valence electrons. The number of carbonyl (C=O) groups excluding carboxylic acids is 1.